The van der Waals surface area contributed by atoms with Gasteiger partial charge in [-0.1, -0.05) is 19.1 Å². The van der Waals surface area contributed by atoms with E-state index in [0.29, 0.717) is 0 Å². The highest BCUT2D eigenvalue weighted by Gasteiger charge is 2.18. The molecule has 0 aromatic heterocycles. The second-order valence-electron chi connectivity index (χ2n) is 5.37. The number of nitrogens with one attached hydrogen (secondary N) is 1. The molecule has 0 aliphatic carbocycles. The molecule has 1 saturated heterocycles. The standard InChI is InChI=1S/C16H23N3O3S/c1-3-18-10-12-19(13-11-18)16(20)9-6-14-4-7-15(8-5-14)23(21,22)17-2/h4-9,17H,3,10-13H2,1-2H3/b9-6+. The average molecular weight is 337 g/mol. The van der Waals surface area contributed by atoms with Crippen molar-refractivity contribution in [3.63, 3.8) is 0 Å². The Morgan fingerprint density at radius 2 is 1.78 bits per heavy atom. The molecular formula is C16H23N3O3S. The van der Waals surface area contributed by atoms with Crippen LogP contribution in [0.1, 0.15) is 12.5 Å². The Morgan fingerprint density at radius 1 is 1.17 bits per heavy atom. The van der Waals surface area contributed by atoms with Gasteiger partial charge in [0.05, 0.1) is 4.90 Å². The predicted molar refractivity (Wildman–Crippen MR) is 90.4 cm³/mol. The molecule has 2 rings (SSSR count). The van der Waals surface area contributed by atoms with Crippen molar-refractivity contribution in [3.05, 3.63) is 35.9 Å². The molecule has 23 heavy (non-hydrogen) atoms. The van der Waals surface area contributed by atoms with Crippen LogP contribution in [0.5, 0.6) is 0 Å². The first kappa shape index (κ1) is 17.7. The molecule has 1 heterocycles. The number of nitrogens with zero attached hydrogens (tertiary/aromatic N) is 2. The molecular weight excluding hydrogens is 314 g/mol. The number of piperazine rings is 1. The number of likely N-dealkylation sites (N-methyl/N-ethyl adjacent to an activating group) is 1. The molecule has 7 heteroatoms. The second kappa shape index (κ2) is 7.72. The van der Waals surface area contributed by atoms with Crippen LogP contribution in [0, 0.1) is 0 Å². The number of amides is 1. The minimum Gasteiger partial charge on any atom is -0.337 e. The maximum Gasteiger partial charge on any atom is 0.246 e. The second-order valence-corrected chi connectivity index (χ2v) is 7.26. The number of carbonyl (C=O) groups is 1. The van der Waals surface area contributed by atoms with Gasteiger partial charge < -0.3 is 9.80 Å². The Kier molecular flexibility index (Phi) is 5.92. The third kappa shape index (κ3) is 4.63. The van der Waals surface area contributed by atoms with Gasteiger partial charge in [0.1, 0.15) is 0 Å². The van der Waals surface area contributed by atoms with Crippen molar-refractivity contribution in [3.8, 4) is 0 Å². The van der Waals surface area contributed by atoms with Gasteiger partial charge >= 0.3 is 0 Å². The molecule has 0 unspecified atom stereocenters. The van der Waals surface area contributed by atoms with Gasteiger partial charge in [0.2, 0.25) is 15.9 Å². The first-order valence-electron chi connectivity index (χ1n) is 7.69. The molecule has 1 fully saturated rings. The minimum absolute atomic E-state index is 0.00678. The van der Waals surface area contributed by atoms with Crippen LogP contribution in [0.2, 0.25) is 0 Å². The van der Waals surface area contributed by atoms with Crippen LogP contribution in [-0.4, -0.2) is 63.9 Å². The summed E-state index contributed by atoms with van der Waals surface area (Å²) in [5, 5.41) is 0. The normalized spacial score (nSPS) is 16.9. The van der Waals surface area contributed by atoms with Crippen LogP contribution in [0.15, 0.2) is 35.2 Å². The summed E-state index contributed by atoms with van der Waals surface area (Å²) >= 11 is 0. The SMILES string of the molecule is CCN1CCN(C(=O)/C=C/c2ccc(S(=O)(=O)NC)cc2)CC1. The van der Waals surface area contributed by atoms with E-state index in [1.165, 1.54) is 19.2 Å². The number of carbonyl (C=O) groups excluding carboxylic acids is 1. The quantitative estimate of drug-likeness (QED) is 0.806. The largest absolute Gasteiger partial charge is 0.337 e. The Hall–Kier alpha value is -1.70. The molecule has 126 valence electrons. The zero-order valence-electron chi connectivity index (χ0n) is 13.5. The molecule has 1 N–H and O–H groups in total. The van der Waals surface area contributed by atoms with Gasteiger partial charge in [-0.2, -0.15) is 0 Å². The van der Waals surface area contributed by atoms with Crippen molar-refractivity contribution >= 4 is 22.0 Å². The Morgan fingerprint density at radius 3 is 2.30 bits per heavy atom. The van der Waals surface area contributed by atoms with Gasteiger partial charge in [-0.15, -0.1) is 0 Å². The summed E-state index contributed by atoms with van der Waals surface area (Å²) in [4.78, 5) is 16.5. The summed E-state index contributed by atoms with van der Waals surface area (Å²) in [5.41, 5.74) is 0.792. The lowest BCUT2D eigenvalue weighted by Gasteiger charge is -2.33. The van der Waals surface area contributed by atoms with Crippen LogP contribution < -0.4 is 4.72 Å². The lowest BCUT2D eigenvalue weighted by molar-refractivity contribution is -0.127. The van der Waals surface area contributed by atoms with E-state index in [4.69, 9.17) is 0 Å². The number of hydrogen-bond acceptors (Lipinski definition) is 4. The van der Waals surface area contributed by atoms with Gasteiger partial charge in [0.15, 0.2) is 0 Å². The fraction of sp³-hybridized carbons (Fsp3) is 0.438. The summed E-state index contributed by atoms with van der Waals surface area (Å²) in [6.45, 7) is 6.45. The first-order valence-corrected chi connectivity index (χ1v) is 9.17. The van der Waals surface area contributed by atoms with Crippen LogP contribution in [-0.2, 0) is 14.8 Å². The van der Waals surface area contributed by atoms with E-state index >= 15 is 0 Å². The zero-order chi connectivity index (χ0) is 16.9. The van der Waals surface area contributed by atoms with E-state index in [1.54, 1.807) is 24.3 Å². The number of benzene rings is 1. The van der Waals surface area contributed by atoms with Crippen molar-refractivity contribution < 1.29 is 13.2 Å². The monoisotopic (exact) mass is 337 g/mol. The summed E-state index contributed by atoms with van der Waals surface area (Å²) < 4.78 is 25.6. The Balaban J connectivity index is 1.96. The Labute approximate surface area is 137 Å². The van der Waals surface area contributed by atoms with Crippen molar-refractivity contribution in [2.45, 2.75) is 11.8 Å². The Bertz CT molecular complexity index is 660. The highest BCUT2D eigenvalue weighted by atomic mass is 32.2. The molecule has 0 atom stereocenters. The van der Waals surface area contributed by atoms with Crippen LogP contribution >= 0.6 is 0 Å². The predicted octanol–water partition coefficient (Wildman–Crippen LogP) is 0.772. The summed E-state index contributed by atoms with van der Waals surface area (Å²) in [6.07, 6.45) is 3.26. The molecule has 1 amide bonds. The van der Waals surface area contributed by atoms with E-state index < -0.39 is 10.0 Å². The van der Waals surface area contributed by atoms with E-state index in [-0.39, 0.29) is 10.8 Å². The third-order valence-corrected chi connectivity index (χ3v) is 5.44. The molecule has 0 bridgehead atoms. The number of hydrogen-bond donors (Lipinski definition) is 1. The summed E-state index contributed by atoms with van der Waals surface area (Å²) in [7, 11) is -2.05. The van der Waals surface area contributed by atoms with Gasteiger partial charge in [-0.25, -0.2) is 13.1 Å². The van der Waals surface area contributed by atoms with E-state index in [1.807, 2.05) is 4.90 Å². The fourth-order valence-corrected chi connectivity index (χ4v) is 3.16. The lowest BCUT2D eigenvalue weighted by atomic mass is 10.2. The van der Waals surface area contributed by atoms with Crippen molar-refractivity contribution in [2.24, 2.45) is 0 Å². The minimum atomic E-state index is -3.43. The van der Waals surface area contributed by atoms with Gasteiger partial charge in [0, 0.05) is 32.3 Å². The maximum atomic E-state index is 12.2. The highest BCUT2D eigenvalue weighted by molar-refractivity contribution is 7.89. The third-order valence-electron chi connectivity index (χ3n) is 4.01. The van der Waals surface area contributed by atoms with Crippen LogP contribution in [0.25, 0.3) is 6.08 Å². The van der Waals surface area contributed by atoms with Crippen LogP contribution in [0.4, 0.5) is 0 Å². The summed E-state index contributed by atoms with van der Waals surface area (Å²) in [5.74, 6) is -0.00678. The fourth-order valence-electron chi connectivity index (χ4n) is 2.43. The van der Waals surface area contributed by atoms with Gasteiger partial charge in [-0.05, 0) is 37.4 Å². The molecule has 1 aromatic rings. The lowest BCUT2D eigenvalue weighted by Crippen LogP contribution is -2.48. The van der Waals surface area contributed by atoms with Gasteiger partial charge in [-0.3, -0.25) is 4.79 Å². The van der Waals surface area contributed by atoms with Gasteiger partial charge in [0.25, 0.3) is 0 Å². The molecule has 1 aromatic carbocycles. The van der Waals surface area contributed by atoms with E-state index in [0.717, 1.165) is 38.3 Å². The van der Waals surface area contributed by atoms with Crippen molar-refractivity contribution in [1.29, 1.82) is 0 Å². The topological polar surface area (TPSA) is 69.7 Å². The molecule has 0 saturated carbocycles. The molecule has 0 radical (unpaired) electrons. The molecule has 6 nitrogen and oxygen atoms in total. The molecule has 0 spiro atoms. The summed E-state index contributed by atoms with van der Waals surface area (Å²) in [6, 6.07) is 6.41. The molecule has 1 aliphatic heterocycles. The van der Waals surface area contributed by atoms with Crippen molar-refractivity contribution in [2.75, 3.05) is 39.8 Å². The number of rotatable bonds is 5. The van der Waals surface area contributed by atoms with E-state index in [2.05, 4.69) is 16.5 Å². The first-order chi connectivity index (χ1) is 11.0. The highest BCUT2D eigenvalue weighted by Crippen LogP contribution is 2.11. The van der Waals surface area contributed by atoms with Crippen LogP contribution in [0.3, 0.4) is 0 Å². The molecule has 1 aliphatic rings. The van der Waals surface area contributed by atoms with E-state index in [9.17, 15) is 13.2 Å². The maximum absolute atomic E-state index is 12.2. The number of sulfonamides is 1. The smallest absolute Gasteiger partial charge is 0.246 e. The van der Waals surface area contributed by atoms with Crippen molar-refractivity contribution in [1.82, 2.24) is 14.5 Å². The zero-order valence-corrected chi connectivity index (χ0v) is 14.3. The average Bonchev–Trinajstić information content (AvgIpc) is 2.60.